The average Bonchev–Trinajstić information content (AvgIpc) is 2.58. The van der Waals surface area contributed by atoms with Crippen LogP contribution < -0.4 is 5.32 Å². The molecular formula is C18H36N4O2. The Morgan fingerprint density at radius 2 is 1.71 bits per heavy atom. The summed E-state index contributed by atoms with van der Waals surface area (Å²) in [6.07, 6.45) is 3.10. The SMILES string of the molecule is CCC(CO)N1CCN(CC(=O)NC2CCN(C(C)C)CC2)CC1. The fraction of sp³-hybridized carbons (Fsp3) is 0.944. The van der Waals surface area contributed by atoms with Crippen molar-refractivity contribution in [2.45, 2.75) is 58.2 Å². The van der Waals surface area contributed by atoms with Crippen LogP contribution in [0.25, 0.3) is 0 Å². The van der Waals surface area contributed by atoms with Crippen LogP contribution in [-0.2, 0) is 4.79 Å². The minimum atomic E-state index is 0.167. The van der Waals surface area contributed by atoms with E-state index in [2.05, 4.69) is 40.8 Å². The first-order chi connectivity index (χ1) is 11.5. The fourth-order valence-electron chi connectivity index (χ4n) is 3.83. The Kier molecular flexibility index (Phi) is 7.94. The molecule has 2 saturated heterocycles. The molecule has 0 radical (unpaired) electrons. The maximum Gasteiger partial charge on any atom is 0.234 e. The largest absolute Gasteiger partial charge is 0.395 e. The lowest BCUT2D eigenvalue weighted by molar-refractivity contribution is -0.123. The minimum Gasteiger partial charge on any atom is -0.395 e. The van der Waals surface area contributed by atoms with Gasteiger partial charge in [0.15, 0.2) is 0 Å². The van der Waals surface area contributed by atoms with E-state index in [9.17, 15) is 9.90 Å². The van der Waals surface area contributed by atoms with Gasteiger partial charge in [0.1, 0.15) is 0 Å². The monoisotopic (exact) mass is 340 g/mol. The molecule has 2 aliphatic heterocycles. The number of piperidine rings is 1. The third kappa shape index (κ3) is 5.69. The molecule has 0 aromatic heterocycles. The van der Waals surface area contributed by atoms with Crippen LogP contribution in [0.2, 0.25) is 0 Å². The van der Waals surface area contributed by atoms with Gasteiger partial charge >= 0.3 is 0 Å². The number of nitrogens with one attached hydrogen (secondary N) is 1. The first-order valence-electron chi connectivity index (χ1n) is 9.64. The van der Waals surface area contributed by atoms with Gasteiger partial charge in [-0.05, 0) is 33.1 Å². The molecule has 2 aliphatic rings. The molecule has 2 N–H and O–H groups in total. The number of piperazine rings is 1. The molecule has 0 bridgehead atoms. The Morgan fingerprint density at radius 3 is 2.21 bits per heavy atom. The van der Waals surface area contributed by atoms with Gasteiger partial charge in [-0.1, -0.05) is 6.92 Å². The quantitative estimate of drug-likeness (QED) is 0.701. The van der Waals surface area contributed by atoms with Gasteiger partial charge in [-0.2, -0.15) is 0 Å². The number of likely N-dealkylation sites (tertiary alicyclic amines) is 1. The summed E-state index contributed by atoms with van der Waals surface area (Å²) in [5.74, 6) is 0.167. The summed E-state index contributed by atoms with van der Waals surface area (Å²) in [6, 6.07) is 1.21. The highest BCUT2D eigenvalue weighted by atomic mass is 16.3. The molecular weight excluding hydrogens is 304 g/mol. The minimum absolute atomic E-state index is 0.167. The van der Waals surface area contributed by atoms with E-state index in [1.165, 1.54) is 0 Å². The van der Waals surface area contributed by atoms with E-state index in [1.807, 2.05) is 0 Å². The third-order valence-corrected chi connectivity index (χ3v) is 5.60. The van der Waals surface area contributed by atoms with Crippen LogP contribution in [0.3, 0.4) is 0 Å². The second kappa shape index (κ2) is 9.70. The molecule has 2 fully saturated rings. The Hall–Kier alpha value is -0.690. The predicted octanol–water partition coefficient (Wildman–Crippen LogP) is 0.364. The van der Waals surface area contributed by atoms with Gasteiger partial charge in [-0.15, -0.1) is 0 Å². The Bertz CT molecular complexity index is 371. The van der Waals surface area contributed by atoms with E-state index in [4.69, 9.17) is 0 Å². The van der Waals surface area contributed by atoms with E-state index in [1.54, 1.807) is 0 Å². The Balaban J connectivity index is 1.65. The molecule has 2 rings (SSSR count). The number of carbonyl (C=O) groups is 1. The Labute approximate surface area is 147 Å². The van der Waals surface area contributed by atoms with Gasteiger partial charge in [0.25, 0.3) is 0 Å². The number of hydrogen-bond acceptors (Lipinski definition) is 5. The maximum absolute atomic E-state index is 12.3. The van der Waals surface area contributed by atoms with Crippen LogP contribution >= 0.6 is 0 Å². The molecule has 0 spiro atoms. The Morgan fingerprint density at radius 1 is 1.08 bits per heavy atom. The molecule has 0 saturated carbocycles. The summed E-state index contributed by atoms with van der Waals surface area (Å²) < 4.78 is 0. The van der Waals surface area contributed by atoms with Crippen molar-refractivity contribution in [1.29, 1.82) is 0 Å². The van der Waals surface area contributed by atoms with E-state index in [0.717, 1.165) is 58.5 Å². The second-order valence-corrected chi connectivity index (χ2v) is 7.53. The average molecular weight is 341 g/mol. The van der Waals surface area contributed by atoms with Gasteiger partial charge in [0.05, 0.1) is 13.2 Å². The van der Waals surface area contributed by atoms with Gasteiger partial charge < -0.3 is 15.3 Å². The van der Waals surface area contributed by atoms with Crippen molar-refractivity contribution in [2.75, 3.05) is 52.4 Å². The lowest BCUT2D eigenvalue weighted by Gasteiger charge is -2.38. The van der Waals surface area contributed by atoms with Crippen LogP contribution in [0.15, 0.2) is 0 Å². The zero-order chi connectivity index (χ0) is 17.5. The molecule has 1 unspecified atom stereocenters. The van der Waals surface area contributed by atoms with E-state index >= 15 is 0 Å². The number of hydrogen-bond donors (Lipinski definition) is 2. The molecule has 1 atom stereocenters. The lowest BCUT2D eigenvalue weighted by atomic mass is 10.0. The van der Waals surface area contributed by atoms with Crippen LogP contribution in [0, 0.1) is 0 Å². The standard InChI is InChI=1S/C18H36N4O2/c1-4-17(14-23)22-11-9-20(10-12-22)13-18(24)19-16-5-7-21(8-6-16)15(2)3/h15-17,23H,4-14H2,1-3H3,(H,19,24). The summed E-state index contributed by atoms with van der Waals surface area (Å²) in [5, 5.41) is 12.6. The van der Waals surface area contributed by atoms with Crippen molar-refractivity contribution >= 4 is 5.91 Å². The van der Waals surface area contributed by atoms with Crippen molar-refractivity contribution in [3.63, 3.8) is 0 Å². The first-order valence-corrected chi connectivity index (χ1v) is 9.64. The lowest BCUT2D eigenvalue weighted by Crippen LogP contribution is -2.54. The number of amides is 1. The summed E-state index contributed by atoms with van der Waals surface area (Å²) in [4.78, 5) is 19.4. The molecule has 0 aromatic carbocycles. The van der Waals surface area contributed by atoms with Gasteiger partial charge in [0.2, 0.25) is 5.91 Å². The summed E-state index contributed by atoms with van der Waals surface area (Å²) in [7, 11) is 0. The summed E-state index contributed by atoms with van der Waals surface area (Å²) in [5.41, 5.74) is 0. The van der Waals surface area contributed by atoms with Crippen LogP contribution in [0.4, 0.5) is 0 Å². The number of rotatable bonds is 7. The smallest absolute Gasteiger partial charge is 0.234 e. The second-order valence-electron chi connectivity index (χ2n) is 7.53. The van der Waals surface area contributed by atoms with Crippen LogP contribution in [0.5, 0.6) is 0 Å². The van der Waals surface area contributed by atoms with Crippen molar-refractivity contribution < 1.29 is 9.90 Å². The van der Waals surface area contributed by atoms with Gasteiger partial charge in [0, 0.05) is 57.4 Å². The molecule has 2 heterocycles. The highest BCUT2D eigenvalue weighted by molar-refractivity contribution is 5.78. The van der Waals surface area contributed by atoms with Gasteiger partial charge in [-0.3, -0.25) is 14.6 Å². The molecule has 0 aliphatic carbocycles. The topological polar surface area (TPSA) is 59.1 Å². The third-order valence-electron chi connectivity index (χ3n) is 5.60. The number of nitrogens with zero attached hydrogens (tertiary/aromatic N) is 3. The zero-order valence-corrected chi connectivity index (χ0v) is 15.7. The van der Waals surface area contributed by atoms with E-state index in [0.29, 0.717) is 18.6 Å². The van der Waals surface area contributed by atoms with Crippen LogP contribution in [0.1, 0.15) is 40.0 Å². The normalized spacial score (nSPS) is 23.5. The van der Waals surface area contributed by atoms with Crippen molar-refractivity contribution in [2.24, 2.45) is 0 Å². The number of carbonyl (C=O) groups excluding carboxylic acids is 1. The van der Waals surface area contributed by atoms with Crippen molar-refractivity contribution in [1.82, 2.24) is 20.0 Å². The number of aliphatic hydroxyl groups excluding tert-OH is 1. The molecule has 0 aromatic rings. The summed E-state index contributed by atoms with van der Waals surface area (Å²) in [6.45, 7) is 13.2. The van der Waals surface area contributed by atoms with Gasteiger partial charge in [-0.25, -0.2) is 0 Å². The predicted molar refractivity (Wildman–Crippen MR) is 97.1 cm³/mol. The molecule has 1 amide bonds. The van der Waals surface area contributed by atoms with E-state index in [-0.39, 0.29) is 18.6 Å². The highest BCUT2D eigenvalue weighted by Gasteiger charge is 2.25. The number of aliphatic hydroxyl groups is 1. The maximum atomic E-state index is 12.3. The van der Waals surface area contributed by atoms with Crippen molar-refractivity contribution in [3.05, 3.63) is 0 Å². The zero-order valence-electron chi connectivity index (χ0n) is 15.7. The van der Waals surface area contributed by atoms with E-state index < -0.39 is 0 Å². The summed E-state index contributed by atoms with van der Waals surface area (Å²) >= 11 is 0. The first kappa shape index (κ1) is 19.6. The van der Waals surface area contributed by atoms with Crippen LogP contribution in [-0.4, -0.2) is 96.3 Å². The highest BCUT2D eigenvalue weighted by Crippen LogP contribution is 2.13. The van der Waals surface area contributed by atoms with Crippen molar-refractivity contribution in [3.8, 4) is 0 Å². The molecule has 24 heavy (non-hydrogen) atoms. The fourth-order valence-corrected chi connectivity index (χ4v) is 3.83. The molecule has 140 valence electrons. The molecule has 6 heteroatoms. The molecule has 6 nitrogen and oxygen atoms in total.